The number of aliphatic hydroxyl groups excluding tert-OH is 1. The van der Waals surface area contributed by atoms with E-state index in [9.17, 15) is 29.4 Å². The van der Waals surface area contributed by atoms with E-state index < -0.39 is 25.6 Å². The second-order valence-corrected chi connectivity index (χ2v) is 8.16. The van der Waals surface area contributed by atoms with Crippen LogP contribution in [-0.4, -0.2) is 45.3 Å². The Morgan fingerprint density at radius 2 is 1.87 bits per heavy atom. The highest BCUT2D eigenvalue weighted by molar-refractivity contribution is 7.46. The Bertz CT molecular complexity index is 898. The van der Waals surface area contributed by atoms with Gasteiger partial charge in [-0.3, -0.25) is 9.84 Å². The highest BCUT2D eigenvalue weighted by Crippen LogP contribution is 2.42. The molecule has 10 heteroatoms. The topological polar surface area (TPSA) is 146 Å². The van der Waals surface area contributed by atoms with Crippen LogP contribution in [0.5, 0.6) is 5.75 Å². The Morgan fingerprint density at radius 3 is 2.43 bits per heavy atom. The molecule has 2 aromatic carbocycles. The normalized spacial score (nSPS) is 14.7. The van der Waals surface area contributed by atoms with E-state index >= 15 is 0 Å². The number of phenols is 1. The molecule has 2 atom stereocenters. The van der Waals surface area contributed by atoms with Gasteiger partial charge in [-0.05, 0) is 55.2 Å². The van der Waals surface area contributed by atoms with Crippen LogP contribution in [0.3, 0.4) is 0 Å². The highest BCUT2D eigenvalue weighted by Gasteiger charge is 2.33. The lowest BCUT2D eigenvalue weighted by atomic mass is 10.0. The zero-order valence-electron chi connectivity index (χ0n) is 16.7. The number of ether oxygens (including phenoxy) is 1. The molecular weight excluding hydrogens is 413 g/mol. The fraction of sp³-hybridized carbons (Fsp3) is 0.350. The number of phosphoric acid groups is 1. The summed E-state index contributed by atoms with van der Waals surface area (Å²) in [6, 6.07) is 12.7. The molecule has 0 bridgehead atoms. The first-order valence-electron chi connectivity index (χ1n) is 9.17. The molecule has 5 N–H and O–H groups in total. The van der Waals surface area contributed by atoms with Gasteiger partial charge in [-0.2, -0.15) is 0 Å². The quantitative estimate of drug-likeness (QED) is 0.214. The Balaban J connectivity index is 2.06. The average Bonchev–Trinajstić information content (AvgIpc) is 2.69. The van der Waals surface area contributed by atoms with Gasteiger partial charge in [-0.25, -0.2) is 9.36 Å². The largest absolute Gasteiger partial charge is 0.508 e. The molecule has 9 nitrogen and oxygen atoms in total. The van der Waals surface area contributed by atoms with E-state index in [2.05, 4.69) is 10.1 Å². The molecule has 0 spiro atoms. The summed E-state index contributed by atoms with van der Waals surface area (Å²) in [5.74, 6) is -0.463. The van der Waals surface area contributed by atoms with Crippen LogP contribution in [0.25, 0.3) is 0 Å². The number of aliphatic hydroxyl groups is 1. The molecule has 0 amide bonds. The third-order valence-corrected chi connectivity index (χ3v) is 5.15. The summed E-state index contributed by atoms with van der Waals surface area (Å²) in [7, 11) is -3.53. The van der Waals surface area contributed by atoms with E-state index in [1.54, 1.807) is 36.4 Å². The molecule has 2 rings (SSSR count). The van der Waals surface area contributed by atoms with Crippen molar-refractivity contribution in [2.45, 2.75) is 31.6 Å². The van der Waals surface area contributed by atoms with Crippen LogP contribution in [0.1, 0.15) is 40.9 Å². The number of hydrogen-bond acceptors (Lipinski definition) is 7. The van der Waals surface area contributed by atoms with Gasteiger partial charge >= 0.3 is 13.8 Å². The number of esters is 1. The van der Waals surface area contributed by atoms with Crippen molar-refractivity contribution in [3.8, 4) is 5.75 Å². The second-order valence-electron chi connectivity index (χ2n) is 6.99. The molecule has 0 aliphatic rings. The summed E-state index contributed by atoms with van der Waals surface area (Å²) in [4.78, 5) is 30.1. The number of carbonyl (C=O) groups is 1. The Morgan fingerprint density at radius 1 is 1.20 bits per heavy atom. The van der Waals surface area contributed by atoms with E-state index in [1.807, 2.05) is 0 Å². The van der Waals surface area contributed by atoms with Crippen LogP contribution < -0.4 is 5.32 Å². The fourth-order valence-electron chi connectivity index (χ4n) is 2.90. The van der Waals surface area contributed by atoms with Gasteiger partial charge in [0.25, 0.3) is 0 Å². The SMILES string of the molecule is COC(=O)c1ccc(CC[C@](C)(NCC(O)c2cccc(O)c2)OP(=O)(O)O)cc1. The summed E-state index contributed by atoms with van der Waals surface area (Å²) in [6.45, 7) is 1.41. The van der Waals surface area contributed by atoms with Crippen molar-refractivity contribution in [2.24, 2.45) is 0 Å². The Labute approximate surface area is 174 Å². The lowest BCUT2D eigenvalue weighted by molar-refractivity contribution is 0.00220. The average molecular weight is 439 g/mol. The smallest absolute Gasteiger partial charge is 0.471 e. The predicted molar refractivity (Wildman–Crippen MR) is 109 cm³/mol. The molecule has 2 aromatic rings. The maximum absolute atomic E-state index is 11.5. The first-order valence-corrected chi connectivity index (χ1v) is 10.7. The van der Waals surface area contributed by atoms with E-state index in [0.29, 0.717) is 17.5 Å². The van der Waals surface area contributed by atoms with Crippen LogP contribution in [0.15, 0.2) is 48.5 Å². The van der Waals surface area contributed by atoms with Crippen LogP contribution >= 0.6 is 7.82 Å². The summed E-state index contributed by atoms with van der Waals surface area (Å²) < 4.78 is 21.1. The molecule has 0 aliphatic carbocycles. The molecule has 0 fully saturated rings. The van der Waals surface area contributed by atoms with Crippen molar-refractivity contribution in [3.63, 3.8) is 0 Å². The number of aromatic hydroxyl groups is 1. The van der Waals surface area contributed by atoms with Crippen molar-refractivity contribution in [1.82, 2.24) is 5.32 Å². The molecule has 0 heterocycles. The fourth-order valence-corrected chi connectivity index (χ4v) is 3.58. The lowest BCUT2D eigenvalue weighted by Gasteiger charge is -2.32. The zero-order valence-corrected chi connectivity index (χ0v) is 17.6. The predicted octanol–water partition coefficient (Wildman–Crippen LogP) is 2.26. The van der Waals surface area contributed by atoms with Crippen LogP contribution in [0.2, 0.25) is 0 Å². The van der Waals surface area contributed by atoms with Crippen LogP contribution in [-0.2, 0) is 20.2 Å². The molecule has 1 unspecified atom stereocenters. The van der Waals surface area contributed by atoms with Crippen LogP contribution in [0.4, 0.5) is 0 Å². The van der Waals surface area contributed by atoms with Gasteiger partial charge < -0.3 is 24.7 Å². The number of phosphoric ester groups is 1. The van der Waals surface area contributed by atoms with Crippen molar-refractivity contribution >= 4 is 13.8 Å². The minimum absolute atomic E-state index is 0.00354. The van der Waals surface area contributed by atoms with Gasteiger partial charge in [0, 0.05) is 6.54 Å². The summed E-state index contributed by atoms with van der Waals surface area (Å²) in [5, 5.41) is 22.7. The third-order valence-electron chi connectivity index (χ3n) is 4.51. The molecule has 0 radical (unpaired) electrons. The van der Waals surface area contributed by atoms with Gasteiger partial charge in [-0.1, -0.05) is 24.3 Å². The summed E-state index contributed by atoms with van der Waals surface area (Å²) >= 11 is 0. The number of benzene rings is 2. The van der Waals surface area contributed by atoms with Gasteiger partial charge in [0.05, 0.1) is 18.8 Å². The van der Waals surface area contributed by atoms with E-state index in [0.717, 1.165) is 5.56 Å². The molecule has 0 saturated carbocycles. The monoisotopic (exact) mass is 439 g/mol. The zero-order chi connectivity index (χ0) is 22.4. The first-order chi connectivity index (χ1) is 14.0. The van der Waals surface area contributed by atoms with E-state index in [4.69, 9.17) is 4.52 Å². The molecule has 0 saturated heterocycles. The minimum atomic E-state index is -4.82. The van der Waals surface area contributed by atoms with E-state index in [1.165, 1.54) is 26.2 Å². The number of hydrogen-bond donors (Lipinski definition) is 5. The lowest BCUT2D eigenvalue weighted by Crippen LogP contribution is -2.46. The van der Waals surface area contributed by atoms with Crippen molar-refractivity contribution in [1.29, 1.82) is 0 Å². The summed E-state index contributed by atoms with van der Waals surface area (Å²) in [6.07, 6.45) is -0.480. The maximum Gasteiger partial charge on any atom is 0.471 e. The number of phenolic OH excluding ortho intramolecular Hbond substituents is 1. The van der Waals surface area contributed by atoms with Crippen LogP contribution in [0, 0.1) is 0 Å². The first kappa shape index (κ1) is 24.0. The minimum Gasteiger partial charge on any atom is -0.508 e. The van der Waals surface area contributed by atoms with Gasteiger partial charge in [0.1, 0.15) is 11.5 Å². The summed E-state index contributed by atoms with van der Waals surface area (Å²) in [5.41, 5.74) is 0.207. The van der Waals surface area contributed by atoms with Gasteiger partial charge in [0.2, 0.25) is 0 Å². The van der Waals surface area contributed by atoms with Crippen molar-refractivity contribution in [3.05, 3.63) is 65.2 Å². The number of aryl methyl sites for hydroxylation is 1. The molecule has 0 aliphatic heterocycles. The number of rotatable bonds is 10. The molecular formula is C20H26NO8P. The highest BCUT2D eigenvalue weighted by atomic mass is 31.2. The Kier molecular flexibility index (Phi) is 8.14. The van der Waals surface area contributed by atoms with Crippen molar-refractivity contribution in [2.75, 3.05) is 13.7 Å². The van der Waals surface area contributed by atoms with Gasteiger partial charge in [0.15, 0.2) is 0 Å². The van der Waals surface area contributed by atoms with Crippen molar-refractivity contribution < 1.29 is 38.6 Å². The molecule has 0 aromatic heterocycles. The standard InChI is InChI=1S/C20H26NO8P/c1-20(29-30(25,26)27,21-13-18(23)16-4-3-5-17(22)12-16)11-10-14-6-8-15(9-7-14)19(24)28-2/h3-9,12,18,21-23H,10-11,13H2,1-2H3,(H2,25,26,27)/t18?,20-/m1/s1. The number of nitrogens with one attached hydrogen (secondary N) is 1. The number of carbonyl (C=O) groups excluding carboxylic acids is 1. The van der Waals surface area contributed by atoms with E-state index in [-0.39, 0.29) is 18.7 Å². The Hall–Kier alpha value is -2.26. The molecule has 164 valence electrons. The number of methoxy groups -OCH3 is 1. The maximum atomic E-state index is 11.5. The van der Waals surface area contributed by atoms with Gasteiger partial charge in [-0.15, -0.1) is 0 Å². The second kappa shape index (κ2) is 10.2. The molecule has 30 heavy (non-hydrogen) atoms. The third kappa shape index (κ3) is 7.53.